The van der Waals surface area contributed by atoms with Crippen molar-refractivity contribution >= 4 is 57.2 Å². The second-order valence-corrected chi connectivity index (χ2v) is 12.5. The highest BCUT2D eigenvalue weighted by atomic mass is 32.1. The molecule has 2 amide bonds. The summed E-state index contributed by atoms with van der Waals surface area (Å²) in [5.74, 6) is -1.34. The lowest BCUT2D eigenvalue weighted by Crippen LogP contribution is -2.20. The average molecular weight is 521 g/mol. The first-order valence-corrected chi connectivity index (χ1v) is 13.7. The second kappa shape index (κ2) is 8.96. The number of carbonyl (C=O) groups excluding carboxylic acids is 2. The SMILES string of the molecule is Cc1ccc(-c2cc(-c3ccc(-c4ccc(C(N)=O)c(C(N)=O)c4)s3)sc2-c2ccc(C)s2)s1. The number of benzene rings is 1. The number of nitrogens with two attached hydrogens (primary N) is 2. The summed E-state index contributed by atoms with van der Waals surface area (Å²) in [6, 6.07) is 20.2. The molecule has 0 spiro atoms. The van der Waals surface area contributed by atoms with Gasteiger partial charge in [-0.1, -0.05) is 6.07 Å². The van der Waals surface area contributed by atoms with Crippen LogP contribution in [-0.2, 0) is 0 Å². The fourth-order valence-electron chi connectivity index (χ4n) is 3.76. The molecule has 0 fully saturated rings. The minimum absolute atomic E-state index is 0.137. The smallest absolute Gasteiger partial charge is 0.249 e. The van der Waals surface area contributed by atoms with Crippen LogP contribution in [-0.4, -0.2) is 11.8 Å². The average Bonchev–Trinajstić information content (AvgIpc) is 3.59. The van der Waals surface area contributed by atoms with Gasteiger partial charge < -0.3 is 11.5 Å². The molecule has 4 aromatic heterocycles. The van der Waals surface area contributed by atoms with Crippen LogP contribution in [0.15, 0.2) is 60.7 Å². The van der Waals surface area contributed by atoms with Crippen molar-refractivity contribution in [3.05, 3.63) is 81.5 Å². The van der Waals surface area contributed by atoms with E-state index in [-0.39, 0.29) is 11.1 Å². The van der Waals surface area contributed by atoms with Crippen LogP contribution in [0.25, 0.3) is 40.4 Å². The van der Waals surface area contributed by atoms with E-state index in [2.05, 4.69) is 50.2 Å². The van der Waals surface area contributed by atoms with E-state index in [0.29, 0.717) is 0 Å². The topological polar surface area (TPSA) is 86.2 Å². The maximum absolute atomic E-state index is 11.9. The molecule has 8 heteroatoms. The summed E-state index contributed by atoms with van der Waals surface area (Å²) >= 11 is 7.06. The first kappa shape index (κ1) is 22.7. The summed E-state index contributed by atoms with van der Waals surface area (Å²) in [6.45, 7) is 4.26. The van der Waals surface area contributed by atoms with Crippen LogP contribution in [0.1, 0.15) is 30.5 Å². The van der Waals surface area contributed by atoms with Gasteiger partial charge in [0.1, 0.15) is 0 Å². The van der Waals surface area contributed by atoms with Crippen molar-refractivity contribution in [3.63, 3.8) is 0 Å². The highest BCUT2D eigenvalue weighted by molar-refractivity contribution is 7.28. The summed E-state index contributed by atoms with van der Waals surface area (Å²) in [6.07, 6.45) is 0. The van der Waals surface area contributed by atoms with Crippen molar-refractivity contribution in [2.75, 3.05) is 0 Å². The third-order valence-corrected chi connectivity index (χ3v) is 10.1. The number of rotatable bonds is 6. The second-order valence-electron chi connectivity index (χ2n) is 7.83. The lowest BCUT2D eigenvalue weighted by Gasteiger charge is -2.05. The highest BCUT2D eigenvalue weighted by Crippen LogP contribution is 2.48. The third-order valence-electron chi connectivity index (χ3n) is 5.39. The summed E-state index contributed by atoms with van der Waals surface area (Å²) in [5, 5.41) is 0. The van der Waals surface area contributed by atoms with Gasteiger partial charge in [-0.05, 0) is 74.0 Å². The van der Waals surface area contributed by atoms with E-state index in [4.69, 9.17) is 11.5 Å². The first-order chi connectivity index (χ1) is 16.3. The highest BCUT2D eigenvalue weighted by Gasteiger charge is 2.19. The van der Waals surface area contributed by atoms with E-state index in [0.717, 1.165) is 15.3 Å². The minimum Gasteiger partial charge on any atom is -0.366 e. The van der Waals surface area contributed by atoms with Crippen molar-refractivity contribution < 1.29 is 9.59 Å². The summed E-state index contributed by atoms with van der Waals surface area (Å²) < 4.78 is 0. The molecule has 0 radical (unpaired) electrons. The van der Waals surface area contributed by atoms with E-state index in [9.17, 15) is 9.59 Å². The van der Waals surface area contributed by atoms with Crippen LogP contribution in [0.2, 0.25) is 0 Å². The Labute approximate surface area is 213 Å². The van der Waals surface area contributed by atoms with E-state index in [1.54, 1.807) is 40.9 Å². The molecule has 4 heterocycles. The monoisotopic (exact) mass is 520 g/mol. The molecule has 4 N–H and O–H groups in total. The Morgan fingerprint density at radius 2 is 1.21 bits per heavy atom. The quantitative estimate of drug-likeness (QED) is 0.244. The fourth-order valence-corrected chi connectivity index (χ4v) is 7.96. The standard InChI is InChI=1S/C26H20N2O2S4/c1-13-3-7-20(31-13)18-12-23(34-24(18)22-8-4-14(2)32-22)21-10-9-19(33-21)15-5-6-16(25(27)29)17(11-15)26(28)30/h3-12H,1-2H3,(H2,27,29)(H2,28,30). The molecule has 0 saturated heterocycles. The molecule has 170 valence electrons. The number of thiophene rings is 4. The Hall–Kier alpha value is -3.04. The maximum Gasteiger partial charge on any atom is 0.249 e. The van der Waals surface area contributed by atoms with Crippen molar-refractivity contribution in [1.29, 1.82) is 0 Å². The van der Waals surface area contributed by atoms with Gasteiger partial charge in [0.15, 0.2) is 0 Å². The molecule has 0 atom stereocenters. The normalized spacial score (nSPS) is 11.1. The maximum atomic E-state index is 11.9. The molecular formula is C26H20N2O2S4. The van der Waals surface area contributed by atoms with Crippen molar-refractivity contribution in [2.45, 2.75) is 13.8 Å². The number of hydrogen-bond acceptors (Lipinski definition) is 6. The fraction of sp³-hybridized carbons (Fsp3) is 0.0769. The summed E-state index contributed by atoms with van der Waals surface area (Å²) in [7, 11) is 0. The van der Waals surface area contributed by atoms with Crippen molar-refractivity contribution in [2.24, 2.45) is 11.5 Å². The number of primary amides is 2. The molecule has 0 bridgehead atoms. The van der Waals surface area contributed by atoms with Gasteiger partial charge in [0.2, 0.25) is 11.8 Å². The largest absolute Gasteiger partial charge is 0.366 e. The van der Waals surface area contributed by atoms with Gasteiger partial charge in [-0.25, -0.2) is 0 Å². The van der Waals surface area contributed by atoms with Gasteiger partial charge in [0.05, 0.1) is 16.0 Å². The minimum atomic E-state index is -0.669. The number of carbonyl (C=O) groups is 2. The number of hydrogen-bond donors (Lipinski definition) is 2. The zero-order chi connectivity index (χ0) is 24.0. The Morgan fingerprint density at radius 1 is 0.588 bits per heavy atom. The Morgan fingerprint density at radius 3 is 1.82 bits per heavy atom. The lowest BCUT2D eigenvalue weighted by atomic mass is 10.0. The molecule has 34 heavy (non-hydrogen) atoms. The van der Waals surface area contributed by atoms with Crippen LogP contribution in [0.4, 0.5) is 0 Å². The Balaban J connectivity index is 1.57. The van der Waals surface area contributed by atoms with Crippen LogP contribution in [0, 0.1) is 13.8 Å². The molecule has 0 aliphatic carbocycles. The molecule has 5 aromatic rings. The first-order valence-electron chi connectivity index (χ1n) is 10.4. The van der Waals surface area contributed by atoms with E-state index >= 15 is 0 Å². The van der Waals surface area contributed by atoms with Gasteiger partial charge >= 0.3 is 0 Å². The van der Waals surface area contributed by atoms with Gasteiger partial charge in [-0.3, -0.25) is 9.59 Å². The molecule has 0 aliphatic rings. The van der Waals surface area contributed by atoms with Crippen LogP contribution >= 0.6 is 45.3 Å². The van der Waals surface area contributed by atoms with Crippen LogP contribution in [0.3, 0.4) is 0 Å². The van der Waals surface area contributed by atoms with Gasteiger partial charge in [0.25, 0.3) is 0 Å². The molecule has 4 nitrogen and oxygen atoms in total. The van der Waals surface area contributed by atoms with Gasteiger partial charge in [0, 0.05) is 39.7 Å². The zero-order valence-corrected chi connectivity index (χ0v) is 21.6. The number of aryl methyl sites for hydroxylation is 2. The summed E-state index contributed by atoms with van der Waals surface area (Å²) in [5.41, 5.74) is 13.3. The third kappa shape index (κ3) is 4.25. The molecular weight excluding hydrogens is 501 g/mol. The Kier molecular flexibility index (Phi) is 5.99. The predicted molar refractivity (Wildman–Crippen MR) is 146 cm³/mol. The lowest BCUT2D eigenvalue weighted by molar-refractivity contribution is 0.0967. The zero-order valence-electron chi connectivity index (χ0n) is 18.4. The predicted octanol–water partition coefficient (Wildman–Crippen LogP) is 7.42. The Bertz CT molecular complexity index is 1490. The molecule has 0 saturated carbocycles. The van der Waals surface area contributed by atoms with E-state index < -0.39 is 11.8 Å². The number of amides is 2. The van der Waals surface area contributed by atoms with Crippen molar-refractivity contribution in [1.82, 2.24) is 0 Å². The van der Waals surface area contributed by atoms with Gasteiger partial charge in [-0.2, -0.15) is 0 Å². The molecule has 0 unspecified atom stereocenters. The summed E-state index contributed by atoms with van der Waals surface area (Å²) in [4.78, 5) is 33.3. The van der Waals surface area contributed by atoms with Gasteiger partial charge in [-0.15, -0.1) is 45.3 Å². The molecule has 1 aromatic carbocycles. The molecule has 0 aliphatic heterocycles. The van der Waals surface area contributed by atoms with Crippen LogP contribution < -0.4 is 11.5 Å². The van der Waals surface area contributed by atoms with E-state index in [1.165, 1.54) is 34.8 Å². The van der Waals surface area contributed by atoms with E-state index in [1.807, 2.05) is 28.7 Å². The molecule has 5 rings (SSSR count). The van der Waals surface area contributed by atoms with Crippen LogP contribution in [0.5, 0.6) is 0 Å². The van der Waals surface area contributed by atoms with Crippen molar-refractivity contribution in [3.8, 4) is 40.4 Å².